The van der Waals surface area contributed by atoms with Gasteiger partial charge in [0.2, 0.25) is 0 Å². The molecule has 2 aromatic rings. The van der Waals surface area contributed by atoms with E-state index in [1.807, 2.05) is 13.0 Å². The molecule has 0 unspecified atom stereocenters. The number of hydrogen-bond donors (Lipinski definition) is 1. The summed E-state index contributed by atoms with van der Waals surface area (Å²) in [6.07, 6.45) is 4.62. The average Bonchev–Trinajstić information content (AvgIpc) is 3.25. The number of amides is 1. The van der Waals surface area contributed by atoms with E-state index in [0.29, 0.717) is 11.6 Å². The van der Waals surface area contributed by atoms with E-state index < -0.39 is 0 Å². The van der Waals surface area contributed by atoms with Gasteiger partial charge in [0.1, 0.15) is 0 Å². The molecule has 2 heterocycles. The standard InChI is InChI=1S/C21H29N3O/c1-4-17(5-2)24-15(3)19(21(22)25)14-20(24)16-8-10-18(11-9-16)23-12-6-7-13-23/h8-11,14,17H,4-7,12-13H2,1-3H3,(H2,22,25). The summed E-state index contributed by atoms with van der Waals surface area (Å²) in [4.78, 5) is 14.3. The topological polar surface area (TPSA) is 51.3 Å². The molecule has 0 atom stereocenters. The van der Waals surface area contributed by atoms with Crippen molar-refractivity contribution in [2.24, 2.45) is 5.73 Å². The van der Waals surface area contributed by atoms with E-state index in [2.05, 4.69) is 47.6 Å². The molecule has 1 aromatic heterocycles. The van der Waals surface area contributed by atoms with E-state index in [-0.39, 0.29) is 5.91 Å². The third-order valence-corrected chi connectivity index (χ3v) is 5.50. The van der Waals surface area contributed by atoms with E-state index >= 15 is 0 Å². The van der Waals surface area contributed by atoms with Crippen molar-refractivity contribution in [2.45, 2.75) is 52.5 Å². The van der Waals surface area contributed by atoms with Gasteiger partial charge >= 0.3 is 0 Å². The molecule has 2 N–H and O–H groups in total. The second-order valence-corrected chi connectivity index (χ2v) is 6.97. The van der Waals surface area contributed by atoms with Gasteiger partial charge in [-0.05, 0) is 56.4 Å². The highest BCUT2D eigenvalue weighted by Gasteiger charge is 2.21. The van der Waals surface area contributed by atoms with Gasteiger partial charge < -0.3 is 15.2 Å². The third-order valence-electron chi connectivity index (χ3n) is 5.50. The van der Waals surface area contributed by atoms with Crippen molar-refractivity contribution >= 4 is 11.6 Å². The highest BCUT2D eigenvalue weighted by atomic mass is 16.1. The Morgan fingerprint density at radius 3 is 2.24 bits per heavy atom. The van der Waals surface area contributed by atoms with Crippen LogP contribution in [0.4, 0.5) is 5.69 Å². The predicted octanol–water partition coefficient (Wildman–Crippen LogP) is 4.52. The van der Waals surface area contributed by atoms with Gasteiger partial charge in [0.25, 0.3) is 5.91 Å². The Morgan fingerprint density at radius 1 is 1.12 bits per heavy atom. The monoisotopic (exact) mass is 339 g/mol. The van der Waals surface area contributed by atoms with Crippen LogP contribution in [0.25, 0.3) is 11.3 Å². The lowest BCUT2D eigenvalue weighted by atomic mass is 10.1. The molecule has 0 bridgehead atoms. The number of rotatable bonds is 6. The summed E-state index contributed by atoms with van der Waals surface area (Å²) < 4.78 is 2.30. The van der Waals surface area contributed by atoms with E-state index in [1.165, 1.54) is 18.5 Å². The maximum Gasteiger partial charge on any atom is 0.250 e. The van der Waals surface area contributed by atoms with Crippen LogP contribution in [0.2, 0.25) is 0 Å². The number of nitrogens with two attached hydrogens (primary N) is 1. The van der Waals surface area contributed by atoms with Gasteiger partial charge in [0.15, 0.2) is 0 Å². The van der Waals surface area contributed by atoms with Gasteiger partial charge in [0, 0.05) is 36.2 Å². The fraction of sp³-hybridized carbons (Fsp3) is 0.476. The maximum absolute atomic E-state index is 11.8. The third kappa shape index (κ3) is 3.30. The second-order valence-electron chi connectivity index (χ2n) is 6.97. The Hall–Kier alpha value is -2.23. The smallest absolute Gasteiger partial charge is 0.250 e. The number of benzene rings is 1. The molecule has 1 aliphatic heterocycles. The minimum absolute atomic E-state index is 0.350. The van der Waals surface area contributed by atoms with Crippen molar-refractivity contribution < 1.29 is 4.79 Å². The first kappa shape index (κ1) is 17.6. The van der Waals surface area contributed by atoms with Crippen LogP contribution in [0.5, 0.6) is 0 Å². The first-order chi connectivity index (χ1) is 12.1. The lowest BCUT2D eigenvalue weighted by molar-refractivity contribution is 0.0999. The molecule has 134 valence electrons. The highest BCUT2D eigenvalue weighted by Crippen LogP contribution is 2.33. The van der Waals surface area contributed by atoms with Crippen LogP contribution in [0.3, 0.4) is 0 Å². The minimum Gasteiger partial charge on any atom is -0.372 e. The van der Waals surface area contributed by atoms with Crippen LogP contribution >= 0.6 is 0 Å². The molecule has 1 amide bonds. The number of hydrogen-bond acceptors (Lipinski definition) is 2. The van der Waals surface area contributed by atoms with E-state index in [9.17, 15) is 4.79 Å². The first-order valence-corrected chi connectivity index (χ1v) is 9.43. The van der Waals surface area contributed by atoms with Crippen LogP contribution in [0, 0.1) is 6.92 Å². The van der Waals surface area contributed by atoms with Crippen LogP contribution in [0.1, 0.15) is 61.6 Å². The Morgan fingerprint density at radius 2 is 1.72 bits per heavy atom. The van der Waals surface area contributed by atoms with Crippen molar-refractivity contribution in [2.75, 3.05) is 18.0 Å². The number of carbonyl (C=O) groups excluding carboxylic acids is 1. The molecule has 1 fully saturated rings. The number of anilines is 1. The van der Waals surface area contributed by atoms with Gasteiger partial charge in [-0.25, -0.2) is 0 Å². The van der Waals surface area contributed by atoms with Gasteiger partial charge in [0.05, 0.1) is 5.56 Å². The van der Waals surface area contributed by atoms with Crippen molar-refractivity contribution in [3.8, 4) is 11.3 Å². The molecule has 0 spiro atoms. The molecule has 1 aliphatic rings. The van der Waals surface area contributed by atoms with E-state index in [0.717, 1.165) is 42.9 Å². The maximum atomic E-state index is 11.8. The number of nitrogens with zero attached hydrogens (tertiary/aromatic N) is 2. The molecule has 4 nitrogen and oxygen atoms in total. The van der Waals surface area contributed by atoms with Crippen molar-refractivity contribution in [3.63, 3.8) is 0 Å². The van der Waals surface area contributed by atoms with Crippen molar-refractivity contribution in [1.82, 2.24) is 4.57 Å². The lowest BCUT2D eigenvalue weighted by Gasteiger charge is -2.22. The molecular weight excluding hydrogens is 310 g/mol. The van der Waals surface area contributed by atoms with Crippen LogP contribution in [0.15, 0.2) is 30.3 Å². The van der Waals surface area contributed by atoms with E-state index in [1.54, 1.807) is 0 Å². The summed E-state index contributed by atoms with van der Waals surface area (Å²) in [6, 6.07) is 11.1. The van der Waals surface area contributed by atoms with Gasteiger partial charge in [-0.3, -0.25) is 4.79 Å². The normalized spacial score (nSPS) is 14.5. The zero-order valence-corrected chi connectivity index (χ0v) is 15.6. The zero-order valence-electron chi connectivity index (χ0n) is 15.6. The molecule has 3 rings (SSSR count). The van der Waals surface area contributed by atoms with Gasteiger partial charge in [-0.15, -0.1) is 0 Å². The quantitative estimate of drug-likeness (QED) is 0.841. The summed E-state index contributed by atoms with van der Waals surface area (Å²) in [5, 5.41) is 0. The molecule has 1 aromatic carbocycles. The minimum atomic E-state index is -0.350. The second kappa shape index (κ2) is 7.34. The Balaban J connectivity index is 2.03. The van der Waals surface area contributed by atoms with Gasteiger partial charge in [-0.1, -0.05) is 26.0 Å². The first-order valence-electron chi connectivity index (χ1n) is 9.43. The van der Waals surface area contributed by atoms with Crippen molar-refractivity contribution in [3.05, 3.63) is 41.6 Å². The largest absolute Gasteiger partial charge is 0.372 e. The summed E-state index contributed by atoms with van der Waals surface area (Å²) in [6.45, 7) is 8.68. The Labute approximate surface area is 150 Å². The summed E-state index contributed by atoms with van der Waals surface area (Å²) >= 11 is 0. The summed E-state index contributed by atoms with van der Waals surface area (Å²) in [5.74, 6) is -0.350. The van der Waals surface area contributed by atoms with Crippen LogP contribution in [-0.4, -0.2) is 23.6 Å². The Kier molecular flexibility index (Phi) is 5.16. The highest BCUT2D eigenvalue weighted by molar-refractivity contribution is 5.95. The average molecular weight is 339 g/mol. The lowest BCUT2D eigenvalue weighted by Crippen LogP contribution is -2.17. The Bertz CT molecular complexity index is 735. The molecule has 1 saturated heterocycles. The molecule has 0 aliphatic carbocycles. The molecule has 0 saturated carbocycles. The SMILES string of the molecule is CCC(CC)n1c(-c2ccc(N3CCCC3)cc2)cc(C(N)=O)c1C. The number of aromatic nitrogens is 1. The molecule has 0 radical (unpaired) electrons. The number of carbonyl (C=O) groups is 1. The van der Waals surface area contributed by atoms with Crippen LogP contribution in [-0.2, 0) is 0 Å². The zero-order chi connectivity index (χ0) is 18.0. The van der Waals surface area contributed by atoms with Gasteiger partial charge in [-0.2, -0.15) is 0 Å². The van der Waals surface area contributed by atoms with Crippen molar-refractivity contribution in [1.29, 1.82) is 0 Å². The predicted molar refractivity (Wildman–Crippen MR) is 104 cm³/mol. The fourth-order valence-corrected chi connectivity index (χ4v) is 4.04. The van der Waals surface area contributed by atoms with E-state index in [4.69, 9.17) is 5.73 Å². The molecule has 25 heavy (non-hydrogen) atoms. The summed E-state index contributed by atoms with van der Waals surface area (Å²) in [5.41, 5.74) is 10.7. The van der Waals surface area contributed by atoms with Crippen LogP contribution < -0.4 is 10.6 Å². The molecular formula is C21H29N3O. The fourth-order valence-electron chi connectivity index (χ4n) is 4.04. The molecule has 4 heteroatoms. The summed E-state index contributed by atoms with van der Waals surface area (Å²) in [7, 11) is 0. The number of primary amides is 1.